The Hall–Kier alpha value is -0.900. The number of nitrogens with zero attached hydrogens (tertiary/aromatic N) is 3. The molecule has 0 atom stereocenters. The van der Waals surface area contributed by atoms with Crippen molar-refractivity contribution >= 4 is 39.1 Å². The number of likely N-dealkylation sites (N-methyl/N-ethyl adjacent to an activating group) is 2. The maximum Gasteiger partial charge on any atom is 0.248 e. The Morgan fingerprint density at radius 1 is 1.06 bits per heavy atom. The molecule has 1 saturated carbocycles. The van der Waals surface area contributed by atoms with Crippen molar-refractivity contribution < 1.29 is 17.9 Å². The summed E-state index contributed by atoms with van der Waals surface area (Å²) in [6.45, 7) is 4.61. The Morgan fingerprint density at radius 3 is 2.26 bits per heavy atom. The van der Waals surface area contributed by atoms with E-state index in [1.54, 1.807) is 11.0 Å². The van der Waals surface area contributed by atoms with Gasteiger partial charge in [-0.15, -0.1) is 0 Å². The summed E-state index contributed by atoms with van der Waals surface area (Å²) in [4.78, 5) is 16.7. The minimum absolute atomic E-state index is 0.0679. The lowest BCUT2D eigenvalue weighted by molar-refractivity contribution is -0.135. The van der Waals surface area contributed by atoms with Crippen LogP contribution in [0.1, 0.15) is 38.5 Å². The second-order valence-electron chi connectivity index (χ2n) is 9.60. The molecule has 0 spiro atoms. The second-order valence-corrected chi connectivity index (χ2v) is 12.4. The Balaban J connectivity index is 1.34. The molecule has 0 N–H and O–H groups in total. The average molecular weight is 535 g/mol. The van der Waals surface area contributed by atoms with Crippen molar-refractivity contribution in [2.24, 2.45) is 11.8 Å². The number of hydrogen-bond donors (Lipinski definition) is 0. The van der Waals surface area contributed by atoms with Crippen molar-refractivity contribution in [3.05, 3.63) is 28.2 Å². The van der Waals surface area contributed by atoms with E-state index in [1.165, 1.54) is 77.3 Å². The predicted molar refractivity (Wildman–Crippen MR) is 136 cm³/mol. The van der Waals surface area contributed by atoms with E-state index in [0.717, 1.165) is 16.8 Å². The third-order valence-corrected chi connectivity index (χ3v) is 9.82. The maximum atomic E-state index is 12.8. The van der Waals surface area contributed by atoms with Gasteiger partial charge < -0.3 is 14.5 Å². The van der Waals surface area contributed by atoms with Crippen molar-refractivity contribution in [1.29, 1.82) is 0 Å². The first-order valence-corrected chi connectivity index (χ1v) is 14.3. The summed E-state index contributed by atoms with van der Waals surface area (Å²) in [6, 6.07) is 4.56. The zero-order chi connectivity index (χ0) is 24.7. The van der Waals surface area contributed by atoms with E-state index < -0.39 is 10.0 Å². The molecule has 1 aromatic carbocycles. The zero-order valence-electron chi connectivity index (χ0n) is 20.2. The highest BCUT2D eigenvalue weighted by molar-refractivity contribution is 7.89. The van der Waals surface area contributed by atoms with Crippen LogP contribution in [0, 0.1) is 11.8 Å². The monoisotopic (exact) mass is 533 g/mol. The van der Waals surface area contributed by atoms with Gasteiger partial charge in [0.1, 0.15) is 11.5 Å². The van der Waals surface area contributed by atoms with Crippen molar-refractivity contribution in [1.82, 2.24) is 14.1 Å². The van der Waals surface area contributed by atoms with Gasteiger partial charge in [-0.05, 0) is 75.6 Å². The summed E-state index contributed by atoms with van der Waals surface area (Å²) in [5.74, 6) is 1.26. The fourth-order valence-electron chi connectivity index (χ4n) is 4.88. The molecular weight excluding hydrogens is 497 g/mol. The fourth-order valence-corrected chi connectivity index (χ4v) is 7.12. The number of amides is 1. The highest BCUT2D eigenvalue weighted by Gasteiger charge is 2.27. The molecule has 0 aromatic heterocycles. The lowest BCUT2D eigenvalue weighted by Crippen LogP contribution is -2.37. The van der Waals surface area contributed by atoms with Crippen LogP contribution in [0.5, 0.6) is 0 Å². The number of benzene rings is 1. The summed E-state index contributed by atoms with van der Waals surface area (Å²) in [6.07, 6.45) is 7.51. The molecule has 192 valence electrons. The van der Waals surface area contributed by atoms with Gasteiger partial charge in [0.05, 0.1) is 16.7 Å². The molecule has 1 heterocycles. The summed E-state index contributed by atoms with van der Waals surface area (Å²) in [5, 5.41) is 0.143. The first kappa shape index (κ1) is 27.7. The molecule has 1 saturated heterocycles. The molecule has 3 rings (SSSR count). The fraction of sp³-hybridized carbons (Fsp3) is 0.708. The molecule has 2 aliphatic rings. The molecule has 7 nitrogen and oxygen atoms in total. The first-order valence-electron chi connectivity index (χ1n) is 12.1. The lowest BCUT2D eigenvalue weighted by Gasteiger charge is -2.33. The standard InChI is InChI=1S/C24H37Cl2N3O4S/c1-27(16-19-8-10-20(11-9-19)17-29-12-3-4-13-29)23(30)18-33-15-14-28(2)34(31,32)24-21(25)6-5-7-22(24)26/h5-7,19-20H,3-4,8-18H2,1-2H3/t19-,20-. The first-order chi connectivity index (χ1) is 16.2. The number of carbonyl (C=O) groups excluding carboxylic acids is 1. The number of carbonyl (C=O) groups is 1. The van der Waals surface area contributed by atoms with Gasteiger partial charge in [-0.25, -0.2) is 8.42 Å². The number of likely N-dealkylation sites (tertiary alicyclic amines) is 1. The Kier molecular flexibility index (Phi) is 10.5. The molecule has 0 bridgehead atoms. The minimum atomic E-state index is -3.86. The normalized spacial score (nSPS) is 21.8. The minimum Gasteiger partial charge on any atom is -0.370 e. The van der Waals surface area contributed by atoms with Crippen LogP contribution in [-0.4, -0.2) is 88.5 Å². The SMILES string of the molecule is CN(C[C@H]1CC[C@H](CN2CCCC2)CC1)C(=O)COCCN(C)S(=O)(=O)c1c(Cl)cccc1Cl. The van der Waals surface area contributed by atoms with E-state index >= 15 is 0 Å². The van der Waals surface area contributed by atoms with Gasteiger partial charge in [-0.2, -0.15) is 4.31 Å². The van der Waals surface area contributed by atoms with Crippen molar-refractivity contribution in [3.8, 4) is 0 Å². The molecule has 1 aliphatic carbocycles. The third-order valence-electron chi connectivity index (χ3n) is 7.00. The van der Waals surface area contributed by atoms with Crippen molar-refractivity contribution in [2.75, 3.05) is 60.0 Å². The van der Waals surface area contributed by atoms with Gasteiger partial charge >= 0.3 is 0 Å². The second kappa shape index (κ2) is 12.9. The average Bonchev–Trinajstić information content (AvgIpc) is 3.30. The molecular formula is C24H37Cl2N3O4S. The van der Waals surface area contributed by atoms with Gasteiger partial charge in [-0.1, -0.05) is 29.3 Å². The smallest absolute Gasteiger partial charge is 0.248 e. The number of ether oxygens (including phenoxy) is 1. The van der Waals surface area contributed by atoms with Crippen LogP contribution in [0.25, 0.3) is 0 Å². The molecule has 34 heavy (non-hydrogen) atoms. The van der Waals surface area contributed by atoms with Crippen LogP contribution >= 0.6 is 23.2 Å². The predicted octanol–water partition coefficient (Wildman–Crippen LogP) is 3.99. The van der Waals surface area contributed by atoms with Gasteiger partial charge in [0.2, 0.25) is 15.9 Å². The van der Waals surface area contributed by atoms with E-state index in [0.29, 0.717) is 5.92 Å². The van der Waals surface area contributed by atoms with Crippen molar-refractivity contribution in [3.63, 3.8) is 0 Å². The van der Waals surface area contributed by atoms with Crippen LogP contribution in [0.3, 0.4) is 0 Å². The molecule has 0 radical (unpaired) electrons. The van der Waals surface area contributed by atoms with Gasteiger partial charge in [0, 0.05) is 33.7 Å². The van der Waals surface area contributed by atoms with Crippen LogP contribution in [0.15, 0.2) is 23.1 Å². The van der Waals surface area contributed by atoms with Gasteiger partial charge in [0.25, 0.3) is 0 Å². The van der Waals surface area contributed by atoms with E-state index in [1.807, 2.05) is 7.05 Å². The molecule has 0 unspecified atom stereocenters. The molecule has 2 fully saturated rings. The summed E-state index contributed by atoms with van der Waals surface area (Å²) < 4.78 is 32.2. The van der Waals surface area contributed by atoms with Gasteiger partial charge in [0.15, 0.2) is 0 Å². The Labute approximate surface area is 214 Å². The number of halogens is 2. The van der Waals surface area contributed by atoms with Gasteiger partial charge in [-0.3, -0.25) is 4.79 Å². The number of sulfonamides is 1. The van der Waals surface area contributed by atoms with Crippen molar-refractivity contribution in [2.45, 2.75) is 43.4 Å². The highest BCUT2D eigenvalue weighted by atomic mass is 35.5. The maximum absolute atomic E-state index is 12.8. The molecule has 10 heteroatoms. The van der Waals surface area contributed by atoms with Crippen LogP contribution in [-0.2, 0) is 19.6 Å². The topological polar surface area (TPSA) is 70.2 Å². The zero-order valence-corrected chi connectivity index (χ0v) is 22.5. The van der Waals surface area contributed by atoms with E-state index in [4.69, 9.17) is 27.9 Å². The number of hydrogen-bond acceptors (Lipinski definition) is 5. The Bertz CT molecular complexity index is 897. The largest absolute Gasteiger partial charge is 0.370 e. The lowest BCUT2D eigenvalue weighted by atomic mass is 9.81. The molecule has 1 aliphatic heterocycles. The van der Waals surface area contributed by atoms with Crippen LogP contribution < -0.4 is 0 Å². The van der Waals surface area contributed by atoms with E-state index in [2.05, 4.69) is 4.90 Å². The van der Waals surface area contributed by atoms with E-state index in [-0.39, 0.29) is 40.6 Å². The summed E-state index contributed by atoms with van der Waals surface area (Å²) >= 11 is 12.1. The summed E-state index contributed by atoms with van der Waals surface area (Å²) in [5.41, 5.74) is 0. The molecule has 1 aromatic rings. The third kappa shape index (κ3) is 7.55. The van der Waals surface area contributed by atoms with Crippen LogP contribution in [0.2, 0.25) is 10.0 Å². The Morgan fingerprint density at radius 2 is 1.65 bits per heavy atom. The highest BCUT2D eigenvalue weighted by Crippen LogP contribution is 2.31. The quantitative estimate of drug-likeness (QED) is 0.402. The summed E-state index contributed by atoms with van der Waals surface area (Å²) in [7, 11) is -0.604. The van der Waals surface area contributed by atoms with E-state index in [9.17, 15) is 13.2 Å². The molecule has 1 amide bonds. The van der Waals surface area contributed by atoms with Crippen LogP contribution in [0.4, 0.5) is 0 Å². The number of rotatable bonds is 11.